The maximum atomic E-state index is 16.0. The Balaban J connectivity index is 1.41. The summed E-state index contributed by atoms with van der Waals surface area (Å²) in [4.78, 5) is 44.8. The van der Waals surface area contributed by atoms with Crippen molar-refractivity contribution in [1.29, 1.82) is 0 Å². The van der Waals surface area contributed by atoms with E-state index >= 15 is 4.39 Å². The van der Waals surface area contributed by atoms with Gasteiger partial charge in [-0.1, -0.05) is 41.4 Å². The van der Waals surface area contributed by atoms with E-state index in [1.165, 1.54) is 6.07 Å². The molecule has 2 saturated heterocycles. The summed E-state index contributed by atoms with van der Waals surface area (Å²) in [7, 11) is 0. The van der Waals surface area contributed by atoms with Crippen LogP contribution in [-0.2, 0) is 15.1 Å². The summed E-state index contributed by atoms with van der Waals surface area (Å²) in [5.41, 5.74) is 1.07. The van der Waals surface area contributed by atoms with Gasteiger partial charge in [0, 0.05) is 52.6 Å². The first-order valence-electron chi connectivity index (χ1n) is 14.1. The van der Waals surface area contributed by atoms with Gasteiger partial charge in [0.05, 0.1) is 10.9 Å². The maximum absolute atomic E-state index is 16.0. The number of piperidine rings is 1. The molecule has 1 saturated carbocycles. The number of hydrogen-bond acceptors (Lipinski definition) is 5. The highest BCUT2D eigenvalue weighted by Crippen LogP contribution is 2.62. The van der Waals surface area contributed by atoms with Crippen LogP contribution in [0, 0.1) is 17.7 Å². The molecular formula is C32H28Cl2FN3O4. The molecule has 3 aliphatic heterocycles. The number of carbonyl (C=O) groups is 3. The van der Waals surface area contributed by atoms with E-state index in [0.717, 1.165) is 12.8 Å². The van der Waals surface area contributed by atoms with Gasteiger partial charge in [-0.25, -0.2) is 4.39 Å². The normalized spacial score (nSPS) is 26.9. The Morgan fingerprint density at radius 1 is 1.05 bits per heavy atom. The summed E-state index contributed by atoms with van der Waals surface area (Å²) in [5, 5.41) is 12.6. The number of anilines is 2. The van der Waals surface area contributed by atoms with Crippen molar-refractivity contribution in [3.05, 3.63) is 93.2 Å². The van der Waals surface area contributed by atoms with Crippen molar-refractivity contribution in [1.82, 2.24) is 4.90 Å². The molecule has 7 nitrogen and oxygen atoms in total. The highest BCUT2D eigenvalue weighted by atomic mass is 35.5. The summed E-state index contributed by atoms with van der Waals surface area (Å²) >= 11 is 12.6. The summed E-state index contributed by atoms with van der Waals surface area (Å²) in [5.74, 6) is -2.80. The number of nitrogens with zero attached hydrogens (tertiary/aromatic N) is 2. The SMILES string of the molecule is O=C(CO)c1ccc(N2CC[C@H]3[C@@H](C2=O)[C@H](c2cccc(Cl)c2F)[C@]2(C(=O)Nc4cc(Cl)ccc42)N3CC2CC2)cc1. The van der Waals surface area contributed by atoms with Crippen LogP contribution < -0.4 is 10.2 Å². The van der Waals surface area contributed by atoms with Crippen molar-refractivity contribution in [2.24, 2.45) is 11.8 Å². The van der Waals surface area contributed by atoms with Gasteiger partial charge in [-0.3, -0.25) is 19.3 Å². The Hall–Kier alpha value is -3.30. The lowest BCUT2D eigenvalue weighted by atomic mass is 9.70. The summed E-state index contributed by atoms with van der Waals surface area (Å²) in [6.07, 6.45) is 2.64. The van der Waals surface area contributed by atoms with Crippen LogP contribution in [0.1, 0.15) is 46.7 Å². The minimum Gasteiger partial charge on any atom is -0.388 e. The smallest absolute Gasteiger partial charge is 0.250 e. The van der Waals surface area contributed by atoms with Crippen LogP contribution >= 0.6 is 23.2 Å². The molecule has 2 N–H and O–H groups in total. The van der Waals surface area contributed by atoms with Gasteiger partial charge in [-0.05, 0) is 73.2 Å². The van der Waals surface area contributed by atoms with Crippen molar-refractivity contribution < 1.29 is 23.9 Å². The second-order valence-corrected chi connectivity index (χ2v) is 12.5. The Kier molecular flexibility index (Phi) is 6.66. The molecule has 42 heavy (non-hydrogen) atoms. The van der Waals surface area contributed by atoms with Crippen LogP contribution in [0.4, 0.5) is 15.8 Å². The number of carbonyl (C=O) groups excluding carboxylic acids is 3. The number of nitrogens with one attached hydrogen (secondary N) is 1. The zero-order valence-electron chi connectivity index (χ0n) is 22.5. The third-order valence-electron chi connectivity index (χ3n) is 9.38. The fourth-order valence-electron chi connectivity index (χ4n) is 7.41. The van der Waals surface area contributed by atoms with Gasteiger partial charge >= 0.3 is 0 Å². The molecule has 1 aliphatic carbocycles. The lowest BCUT2D eigenvalue weighted by Gasteiger charge is -2.40. The molecular weight excluding hydrogens is 580 g/mol. The van der Waals surface area contributed by atoms with E-state index in [1.807, 2.05) is 6.07 Å². The van der Waals surface area contributed by atoms with E-state index in [2.05, 4.69) is 10.2 Å². The third kappa shape index (κ3) is 4.03. The van der Waals surface area contributed by atoms with Crippen molar-refractivity contribution in [3.8, 4) is 0 Å². The maximum Gasteiger partial charge on any atom is 0.250 e. The van der Waals surface area contributed by atoms with Crippen molar-refractivity contribution in [2.75, 3.05) is 29.9 Å². The Bertz CT molecular complexity index is 1630. The first kappa shape index (κ1) is 27.5. The van der Waals surface area contributed by atoms with Crippen LogP contribution in [0.2, 0.25) is 10.0 Å². The molecule has 0 bridgehead atoms. The lowest BCUT2D eigenvalue weighted by Crippen LogP contribution is -2.54. The number of ketones is 1. The number of fused-ring (bicyclic) bond motifs is 3. The number of Topliss-reactive ketones (excluding diaryl/α,β-unsaturated/α-hetero) is 1. The number of likely N-dealkylation sites (tertiary alicyclic amines) is 1. The highest BCUT2D eigenvalue weighted by molar-refractivity contribution is 6.31. The minimum absolute atomic E-state index is 0.0705. The van der Waals surface area contributed by atoms with Gasteiger partial charge in [0.15, 0.2) is 5.78 Å². The standard InChI is InChI=1S/C32H28Cl2FN3O4/c33-19-8-11-22-24(14-19)36-31(42)32(22)28(21-2-1-3-23(34)29(21)35)27-25(38(32)15-17-4-5-17)12-13-37(30(27)41)20-9-6-18(7-10-20)26(40)16-39/h1-3,6-11,14,17,25,27-28,39H,4-5,12-13,15-16H2,(H,36,42)/t25-,27+,28-,32+/m0/s1. The van der Waals surface area contributed by atoms with E-state index in [1.54, 1.807) is 53.4 Å². The number of amides is 2. The van der Waals surface area contributed by atoms with Crippen LogP contribution in [0.5, 0.6) is 0 Å². The van der Waals surface area contributed by atoms with Gasteiger partial charge < -0.3 is 15.3 Å². The second-order valence-electron chi connectivity index (χ2n) is 11.6. The molecule has 7 rings (SSSR count). The molecule has 0 unspecified atom stereocenters. The molecule has 2 amide bonds. The van der Waals surface area contributed by atoms with E-state index in [4.69, 9.17) is 23.2 Å². The lowest BCUT2D eigenvalue weighted by molar-refractivity contribution is -0.128. The minimum atomic E-state index is -1.34. The van der Waals surface area contributed by atoms with Crippen LogP contribution in [0.3, 0.4) is 0 Å². The largest absolute Gasteiger partial charge is 0.388 e. The summed E-state index contributed by atoms with van der Waals surface area (Å²) in [6.45, 7) is 0.400. The second kappa shape index (κ2) is 10.2. The molecule has 10 heteroatoms. The fraction of sp³-hybridized carbons (Fsp3) is 0.344. The third-order valence-corrected chi connectivity index (χ3v) is 9.90. The van der Waals surface area contributed by atoms with E-state index in [0.29, 0.717) is 53.0 Å². The molecule has 3 fully saturated rings. The first-order valence-corrected chi connectivity index (χ1v) is 14.9. The number of aliphatic hydroxyl groups is 1. The number of hydrogen-bond donors (Lipinski definition) is 2. The van der Waals surface area contributed by atoms with E-state index in [9.17, 15) is 19.5 Å². The monoisotopic (exact) mass is 607 g/mol. The van der Waals surface area contributed by atoms with Crippen LogP contribution in [0.25, 0.3) is 0 Å². The molecule has 0 aromatic heterocycles. The van der Waals surface area contributed by atoms with Crippen molar-refractivity contribution >= 4 is 52.2 Å². The zero-order chi connectivity index (χ0) is 29.3. The van der Waals surface area contributed by atoms with E-state index in [-0.39, 0.29) is 28.4 Å². The first-order chi connectivity index (χ1) is 20.2. The molecule has 3 heterocycles. The average Bonchev–Trinajstić information content (AvgIpc) is 3.70. The van der Waals surface area contributed by atoms with E-state index < -0.39 is 35.6 Å². The zero-order valence-corrected chi connectivity index (χ0v) is 24.0. The van der Waals surface area contributed by atoms with Gasteiger partial charge in [-0.2, -0.15) is 0 Å². The number of aliphatic hydroxyl groups excluding tert-OH is 1. The number of halogens is 3. The number of rotatable bonds is 6. The molecule has 4 atom stereocenters. The van der Waals surface area contributed by atoms with Gasteiger partial charge in [0.2, 0.25) is 11.8 Å². The van der Waals surface area contributed by atoms with Crippen molar-refractivity contribution in [2.45, 2.75) is 36.8 Å². The van der Waals surface area contributed by atoms with Gasteiger partial charge in [-0.15, -0.1) is 0 Å². The molecule has 3 aromatic carbocycles. The molecule has 0 radical (unpaired) electrons. The highest BCUT2D eigenvalue weighted by Gasteiger charge is 2.70. The topological polar surface area (TPSA) is 90.0 Å². The molecule has 3 aromatic rings. The molecule has 4 aliphatic rings. The quantitative estimate of drug-likeness (QED) is 0.367. The predicted molar refractivity (Wildman–Crippen MR) is 157 cm³/mol. The Labute approximate surface area is 252 Å². The van der Waals surface area contributed by atoms with Crippen LogP contribution in [0.15, 0.2) is 60.7 Å². The average molecular weight is 608 g/mol. The van der Waals surface area contributed by atoms with Crippen molar-refractivity contribution in [3.63, 3.8) is 0 Å². The molecule has 216 valence electrons. The fourth-order valence-corrected chi connectivity index (χ4v) is 7.76. The number of benzene rings is 3. The Morgan fingerprint density at radius 2 is 1.81 bits per heavy atom. The van der Waals surface area contributed by atoms with Crippen LogP contribution in [-0.4, -0.2) is 53.3 Å². The van der Waals surface area contributed by atoms with Gasteiger partial charge in [0.25, 0.3) is 0 Å². The van der Waals surface area contributed by atoms with Gasteiger partial charge in [0.1, 0.15) is 18.0 Å². The summed E-state index contributed by atoms with van der Waals surface area (Å²) < 4.78 is 16.0. The predicted octanol–water partition coefficient (Wildman–Crippen LogP) is 5.39. The molecule has 1 spiro atoms. The summed E-state index contributed by atoms with van der Waals surface area (Å²) in [6, 6.07) is 16.2. The Morgan fingerprint density at radius 3 is 2.52 bits per heavy atom.